The van der Waals surface area contributed by atoms with E-state index >= 15 is 0 Å². The van der Waals surface area contributed by atoms with Crippen molar-refractivity contribution in [3.63, 3.8) is 0 Å². The van der Waals surface area contributed by atoms with Crippen molar-refractivity contribution in [1.82, 2.24) is 19.8 Å². The van der Waals surface area contributed by atoms with Gasteiger partial charge in [0, 0.05) is 13.6 Å². The average molecular weight is 394 g/mol. The van der Waals surface area contributed by atoms with Crippen molar-refractivity contribution >= 4 is 28.3 Å². The summed E-state index contributed by atoms with van der Waals surface area (Å²) >= 11 is 0. The van der Waals surface area contributed by atoms with Gasteiger partial charge in [0.25, 0.3) is 0 Å². The minimum atomic E-state index is -3.83. The highest BCUT2D eigenvalue weighted by Gasteiger charge is 2.36. The summed E-state index contributed by atoms with van der Waals surface area (Å²) in [5, 5.41) is 7.06. The number of aryl methyl sites for hydroxylation is 2. The highest BCUT2D eigenvalue weighted by atomic mass is 35.5. The SMILES string of the molecule is Cc1nn(C)c(C)c1S(=O)(=O)NC(C)C(=O)NC1(CN)CCCC1.Cl. The summed E-state index contributed by atoms with van der Waals surface area (Å²) in [5.74, 6) is -0.356. The van der Waals surface area contributed by atoms with Crippen LogP contribution in [0.5, 0.6) is 0 Å². The van der Waals surface area contributed by atoms with Crippen LogP contribution in [0.2, 0.25) is 0 Å². The Morgan fingerprint density at radius 3 is 2.36 bits per heavy atom. The minimum Gasteiger partial charge on any atom is -0.348 e. The fourth-order valence-corrected chi connectivity index (χ4v) is 4.93. The molecule has 0 aliphatic heterocycles. The zero-order valence-electron chi connectivity index (χ0n) is 15.1. The van der Waals surface area contributed by atoms with Crippen molar-refractivity contribution in [1.29, 1.82) is 0 Å². The zero-order valence-corrected chi connectivity index (χ0v) is 16.8. The Hall–Kier alpha value is -1.16. The van der Waals surface area contributed by atoms with Crippen LogP contribution in [0.25, 0.3) is 0 Å². The number of rotatable bonds is 6. The largest absolute Gasteiger partial charge is 0.348 e. The van der Waals surface area contributed by atoms with E-state index in [1.54, 1.807) is 20.9 Å². The second-order valence-electron chi connectivity index (χ2n) is 6.65. The Balaban J connectivity index is 0.00000312. The summed E-state index contributed by atoms with van der Waals surface area (Å²) in [6.45, 7) is 5.21. The van der Waals surface area contributed by atoms with E-state index in [9.17, 15) is 13.2 Å². The van der Waals surface area contributed by atoms with Crippen LogP contribution in [0.15, 0.2) is 4.90 Å². The van der Waals surface area contributed by atoms with E-state index < -0.39 is 21.6 Å². The van der Waals surface area contributed by atoms with Gasteiger partial charge in [-0.05, 0) is 33.6 Å². The van der Waals surface area contributed by atoms with Gasteiger partial charge in [-0.1, -0.05) is 12.8 Å². The summed E-state index contributed by atoms with van der Waals surface area (Å²) in [7, 11) is -2.15. The van der Waals surface area contributed by atoms with E-state index in [0.29, 0.717) is 17.9 Å². The molecule has 0 saturated heterocycles. The van der Waals surface area contributed by atoms with Gasteiger partial charge < -0.3 is 11.1 Å². The van der Waals surface area contributed by atoms with Gasteiger partial charge in [-0.25, -0.2) is 8.42 Å². The molecule has 0 spiro atoms. The lowest BCUT2D eigenvalue weighted by Crippen LogP contribution is -2.56. The number of nitrogens with zero attached hydrogens (tertiary/aromatic N) is 2. The maximum absolute atomic E-state index is 12.6. The molecular formula is C15H28ClN5O3S. The molecule has 8 nitrogen and oxygen atoms in total. The third-order valence-electron chi connectivity index (χ3n) is 4.78. The molecule has 25 heavy (non-hydrogen) atoms. The number of nitrogens with two attached hydrogens (primary N) is 1. The summed E-state index contributed by atoms with van der Waals surface area (Å²) in [6.07, 6.45) is 3.70. The van der Waals surface area contributed by atoms with Gasteiger partial charge in [0.2, 0.25) is 15.9 Å². The van der Waals surface area contributed by atoms with Crippen LogP contribution in [-0.2, 0) is 21.9 Å². The van der Waals surface area contributed by atoms with Crippen molar-refractivity contribution in [3.8, 4) is 0 Å². The van der Waals surface area contributed by atoms with Gasteiger partial charge in [-0.15, -0.1) is 12.4 Å². The molecule has 2 rings (SSSR count). The van der Waals surface area contributed by atoms with Crippen molar-refractivity contribution in [3.05, 3.63) is 11.4 Å². The van der Waals surface area contributed by atoms with E-state index in [1.807, 2.05) is 0 Å². The molecule has 1 heterocycles. The van der Waals surface area contributed by atoms with Crippen LogP contribution < -0.4 is 15.8 Å². The Morgan fingerprint density at radius 1 is 1.36 bits per heavy atom. The fourth-order valence-electron chi connectivity index (χ4n) is 3.29. The molecule has 4 N–H and O–H groups in total. The van der Waals surface area contributed by atoms with E-state index in [0.717, 1.165) is 25.7 Å². The first-order valence-corrected chi connectivity index (χ1v) is 9.65. The second kappa shape index (κ2) is 8.03. The van der Waals surface area contributed by atoms with Crippen molar-refractivity contribution in [2.75, 3.05) is 6.54 Å². The smallest absolute Gasteiger partial charge is 0.244 e. The van der Waals surface area contributed by atoms with Crippen LogP contribution in [0.4, 0.5) is 0 Å². The van der Waals surface area contributed by atoms with Crippen LogP contribution in [0.1, 0.15) is 44.0 Å². The number of sulfonamides is 1. The predicted octanol–water partition coefficient (Wildman–Crippen LogP) is 0.513. The molecule has 1 aliphatic rings. The molecule has 1 aromatic heterocycles. The average Bonchev–Trinajstić information content (AvgIpc) is 3.04. The van der Waals surface area contributed by atoms with E-state index in [2.05, 4.69) is 15.1 Å². The molecule has 1 fully saturated rings. The number of carbonyl (C=O) groups is 1. The molecule has 1 atom stereocenters. The first-order valence-electron chi connectivity index (χ1n) is 8.16. The molecule has 10 heteroatoms. The Morgan fingerprint density at radius 2 is 1.92 bits per heavy atom. The normalized spacial score (nSPS) is 17.8. The lowest BCUT2D eigenvalue weighted by Gasteiger charge is -2.30. The van der Waals surface area contributed by atoms with Crippen molar-refractivity contribution < 1.29 is 13.2 Å². The standard InChI is InChI=1S/C15H27N5O3S.ClH/c1-10-13(12(3)20(4)18-10)24(22,23)19-11(2)14(21)17-15(9-16)7-5-6-8-15;/h11,19H,5-9,16H2,1-4H3,(H,17,21);1H. The van der Waals surface area contributed by atoms with Gasteiger partial charge in [0.15, 0.2) is 0 Å². The number of halogens is 1. The molecule has 1 aromatic rings. The first kappa shape index (κ1) is 21.9. The number of carbonyl (C=O) groups excluding carboxylic acids is 1. The molecule has 1 unspecified atom stereocenters. The lowest BCUT2D eigenvalue weighted by molar-refractivity contribution is -0.124. The van der Waals surface area contributed by atoms with Gasteiger partial charge >= 0.3 is 0 Å². The third kappa shape index (κ3) is 4.52. The van der Waals surface area contributed by atoms with Gasteiger partial charge in [0.1, 0.15) is 4.90 Å². The molecule has 144 valence electrons. The van der Waals surface area contributed by atoms with Gasteiger partial charge in [0.05, 0.1) is 23.0 Å². The maximum atomic E-state index is 12.6. The summed E-state index contributed by atoms with van der Waals surface area (Å²) in [4.78, 5) is 12.6. The number of hydrogen-bond donors (Lipinski definition) is 3. The van der Waals surface area contributed by atoms with Crippen molar-refractivity contribution in [2.24, 2.45) is 12.8 Å². The fraction of sp³-hybridized carbons (Fsp3) is 0.733. The van der Waals surface area contributed by atoms with Crippen LogP contribution in [-0.4, -0.2) is 42.2 Å². The summed E-state index contributed by atoms with van der Waals surface area (Å²) in [5.41, 5.74) is 6.34. The second-order valence-corrected chi connectivity index (χ2v) is 8.30. The Labute approximate surface area is 155 Å². The highest BCUT2D eigenvalue weighted by Crippen LogP contribution is 2.28. The predicted molar refractivity (Wildman–Crippen MR) is 98.1 cm³/mol. The molecule has 0 aromatic carbocycles. The Bertz CT molecular complexity index is 726. The van der Waals surface area contributed by atoms with Gasteiger partial charge in [-0.2, -0.15) is 9.82 Å². The summed E-state index contributed by atoms with van der Waals surface area (Å²) < 4.78 is 29.2. The first-order chi connectivity index (χ1) is 11.1. The number of amides is 1. The highest BCUT2D eigenvalue weighted by molar-refractivity contribution is 7.89. The zero-order chi connectivity index (χ0) is 18.1. The number of aromatic nitrogens is 2. The quantitative estimate of drug-likeness (QED) is 0.650. The molecule has 1 saturated carbocycles. The Kier molecular flexibility index (Phi) is 7.03. The third-order valence-corrected chi connectivity index (χ3v) is 6.57. The lowest BCUT2D eigenvalue weighted by atomic mass is 9.97. The van der Waals surface area contributed by atoms with Crippen LogP contribution >= 0.6 is 12.4 Å². The number of hydrogen-bond acceptors (Lipinski definition) is 5. The molecule has 0 radical (unpaired) electrons. The molecule has 1 amide bonds. The van der Waals surface area contributed by atoms with Crippen LogP contribution in [0.3, 0.4) is 0 Å². The molecular weight excluding hydrogens is 366 g/mol. The molecule has 0 bridgehead atoms. The minimum absolute atomic E-state index is 0. The van der Waals surface area contributed by atoms with E-state index in [4.69, 9.17) is 5.73 Å². The van der Waals surface area contributed by atoms with Gasteiger partial charge in [-0.3, -0.25) is 9.48 Å². The van der Waals surface area contributed by atoms with E-state index in [1.165, 1.54) is 11.6 Å². The monoisotopic (exact) mass is 393 g/mol. The van der Waals surface area contributed by atoms with Crippen molar-refractivity contribution in [2.45, 2.75) is 62.9 Å². The molecule has 1 aliphatic carbocycles. The maximum Gasteiger partial charge on any atom is 0.244 e. The topological polar surface area (TPSA) is 119 Å². The number of nitrogens with one attached hydrogen (secondary N) is 2. The van der Waals surface area contributed by atoms with Crippen LogP contribution in [0, 0.1) is 13.8 Å². The summed E-state index contributed by atoms with van der Waals surface area (Å²) in [6, 6.07) is -0.891. The van der Waals surface area contributed by atoms with E-state index in [-0.39, 0.29) is 23.2 Å².